The van der Waals surface area contributed by atoms with Crippen molar-refractivity contribution in [3.63, 3.8) is 0 Å². The molecular formula is C27H25N3O7. The van der Waals surface area contributed by atoms with Crippen LogP contribution < -0.4 is 15.0 Å². The number of carbonyl (C=O) groups excluding carboxylic acids is 3. The maximum Gasteiger partial charge on any atom is 0.408 e. The summed E-state index contributed by atoms with van der Waals surface area (Å²) in [6.45, 7) is -0.368. The standard InChI is InChI=1S/C27H25N3O7/c31-24(32)16-29(21-11-13-22(14-12-21)36-17-19-7-3-1-4-8-19)27(35)30-15-23(25(30)33)28-26(34)37-18-20-9-5-2-6-10-20/h1-14,23H,15-18H2,(H,28,34)(H,31,32)/t23-/m0/s1. The lowest BCUT2D eigenvalue weighted by atomic mass is 10.1. The van der Waals surface area contributed by atoms with Gasteiger partial charge in [-0.05, 0) is 35.4 Å². The number of rotatable bonds is 9. The van der Waals surface area contributed by atoms with Crippen molar-refractivity contribution < 1.29 is 33.8 Å². The van der Waals surface area contributed by atoms with Crippen LogP contribution in [0.2, 0.25) is 0 Å². The molecule has 0 saturated carbocycles. The van der Waals surface area contributed by atoms with Crippen molar-refractivity contribution in [2.45, 2.75) is 19.3 Å². The zero-order chi connectivity index (χ0) is 26.2. The molecule has 2 N–H and O–H groups in total. The summed E-state index contributed by atoms with van der Waals surface area (Å²) < 4.78 is 10.8. The predicted octanol–water partition coefficient (Wildman–Crippen LogP) is 3.41. The molecule has 37 heavy (non-hydrogen) atoms. The van der Waals surface area contributed by atoms with E-state index in [1.807, 2.05) is 48.5 Å². The highest BCUT2D eigenvalue weighted by Gasteiger charge is 2.44. The maximum atomic E-state index is 13.0. The van der Waals surface area contributed by atoms with Gasteiger partial charge in [-0.1, -0.05) is 60.7 Å². The molecule has 1 heterocycles. The number of benzene rings is 3. The lowest BCUT2D eigenvalue weighted by Crippen LogP contribution is -2.67. The van der Waals surface area contributed by atoms with Gasteiger partial charge in [0.05, 0.1) is 6.54 Å². The van der Waals surface area contributed by atoms with Crippen LogP contribution in [0.4, 0.5) is 15.3 Å². The highest BCUT2D eigenvalue weighted by Crippen LogP contribution is 2.23. The number of imide groups is 1. The van der Waals surface area contributed by atoms with Crippen LogP contribution >= 0.6 is 0 Å². The summed E-state index contributed by atoms with van der Waals surface area (Å²) in [5, 5.41) is 11.7. The fourth-order valence-electron chi connectivity index (χ4n) is 3.63. The lowest BCUT2D eigenvalue weighted by Gasteiger charge is -2.39. The van der Waals surface area contributed by atoms with Gasteiger partial charge in [-0.2, -0.15) is 0 Å². The van der Waals surface area contributed by atoms with Crippen molar-refractivity contribution in [1.82, 2.24) is 10.2 Å². The normalized spacial score (nSPS) is 14.3. The van der Waals surface area contributed by atoms with Crippen LogP contribution in [0.5, 0.6) is 5.75 Å². The Morgan fingerprint density at radius 2 is 1.49 bits per heavy atom. The van der Waals surface area contributed by atoms with Crippen LogP contribution in [-0.4, -0.2) is 53.1 Å². The highest BCUT2D eigenvalue weighted by molar-refractivity contribution is 6.09. The molecular weight excluding hydrogens is 478 g/mol. The first-order valence-electron chi connectivity index (χ1n) is 11.5. The number of carbonyl (C=O) groups is 4. The van der Waals surface area contributed by atoms with Gasteiger partial charge in [0.2, 0.25) is 0 Å². The van der Waals surface area contributed by atoms with Gasteiger partial charge in [0.15, 0.2) is 0 Å². The summed E-state index contributed by atoms with van der Waals surface area (Å²) in [4.78, 5) is 50.9. The topological polar surface area (TPSA) is 125 Å². The smallest absolute Gasteiger partial charge is 0.408 e. The second-order valence-electron chi connectivity index (χ2n) is 8.24. The molecule has 190 valence electrons. The number of alkyl carbamates (subject to hydrolysis) is 1. The molecule has 10 nitrogen and oxygen atoms in total. The summed E-state index contributed by atoms with van der Waals surface area (Å²) in [5.74, 6) is -1.36. The third-order valence-corrected chi connectivity index (χ3v) is 5.59. The molecule has 3 aromatic carbocycles. The van der Waals surface area contributed by atoms with Gasteiger partial charge in [-0.25, -0.2) is 9.59 Å². The molecule has 0 radical (unpaired) electrons. The van der Waals surface area contributed by atoms with Gasteiger partial charge in [0.25, 0.3) is 5.91 Å². The molecule has 0 bridgehead atoms. The number of β-lactam (4-membered cyclic amide) rings is 1. The van der Waals surface area contributed by atoms with E-state index in [1.165, 1.54) is 0 Å². The second-order valence-corrected chi connectivity index (χ2v) is 8.24. The first kappa shape index (κ1) is 25.2. The molecule has 1 aliphatic heterocycles. The molecule has 0 aromatic heterocycles. The van der Waals surface area contributed by atoms with E-state index in [9.17, 15) is 24.3 Å². The van der Waals surface area contributed by atoms with Crippen molar-refractivity contribution in [1.29, 1.82) is 0 Å². The van der Waals surface area contributed by atoms with Gasteiger partial charge < -0.3 is 19.9 Å². The fraction of sp³-hybridized carbons (Fsp3) is 0.185. The molecule has 1 aliphatic rings. The van der Waals surface area contributed by atoms with Gasteiger partial charge in [0.1, 0.15) is 31.5 Å². The average Bonchev–Trinajstić information content (AvgIpc) is 2.92. The third kappa shape index (κ3) is 6.63. The van der Waals surface area contributed by atoms with Gasteiger partial charge in [-0.3, -0.25) is 19.4 Å². The van der Waals surface area contributed by atoms with Crippen molar-refractivity contribution in [2.24, 2.45) is 0 Å². The number of likely N-dealkylation sites (tertiary alicyclic amines) is 1. The Labute approximate surface area is 213 Å². The molecule has 3 aromatic rings. The number of urea groups is 1. The van der Waals surface area contributed by atoms with E-state index in [0.29, 0.717) is 12.4 Å². The molecule has 10 heteroatoms. The first-order valence-corrected chi connectivity index (χ1v) is 11.5. The first-order chi connectivity index (χ1) is 17.9. The maximum absolute atomic E-state index is 13.0. The summed E-state index contributed by atoms with van der Waals surface area (Å²) in [6, 6.07) is 23.2. The number of anilines is 1. The summed E-state index contributed by atoms with van der Waals surface area (Å²) >= 11 is 0. The summed E-state index contributed by atoms with van der Waals surface area (Å²) in [6.07, 6.45) is -0.789. The quantitative estimate of drug-likeness (QED) is 0.429. The van der Waals surface area contributed by atoms with Crippen LogP contribution in [0.3, 0.4) is 0 Å². The van der Waals surface area contributed by atoms with E-state index in [1.54, 1.807) is 36.4 Å². The van der Waals surface area contributed by atoms with Crippen LogP contribution in [-0.2, 0) is 27.5 Å². The number of hydrogen-bond acceptors (Lipinski definition) is 6. The SMILES string of the molecule is O=C(O)CN(C(=O)N1C[C@H](NC(=O)OCc2ccccc2)C1=O)c1ccc(OCc2ccccc2)cc1. The second kappa shape index (κ2) is 11.7. The molecule has 0 unspecified atom stereocenters. The number of nitrogens with one attached hydrogen (secondary N) is 1. The number of ether oxygens (including phenoxy) is 2. The Kier molecular flexibility index (Phi) is 7.99. The Balaban J connectivity index is 1.32. The Hall–Kier alpha value is -4.86. The Bertz CT molecular complexity index is 1250. The van der Waals surface area contributed by atoms with Gasteiger partial charge in [-0.15, -0.1) is 0 Å². The molecule has 0 aliphatic carbocycles. The molecule has 4 rings (SSSR count). The highest BCUT2D eigenvalue weighted by atomic mass is 16.5. The number of aliphatic carboxylic acids is 1. The predicted molar refractivity (Wildman–Crippen MR) is 133 cm³/mol. The lowest BCUT2D eigenvalue weighted by molar-refractivity contribution is -0.139. The van der Waals surface area contributed by atoms with Gasteiger partial charge >= 0.3 is 18.1 Å². The molecule has 1 atom stereocenters. The monoisotopic (exact) mass is 503 g/mol. The number of nitrogens with zero attached hydrogens (tertiary/aromatic N) is 2. The zero-order valence-corrected chi connectivity index (χ0v) is 19.8. The number of carboxylic acid groups (broad SMARTS) is 1. The van der Waals surface area contributed by atoms with Crippen molar-refractivity contribution in [3.8, 4) is 5.75 Å². The van der Waals surface area contributed by atoms with E-state index in [2.05, 4.69) is 5.32 Å². The third-order valence-electron chi connectivity index (χ3n) is 5.59. The van der Waals surface area contributed by atoms with E-state index in [4.69, 9.17) is 9.47 Å². The van der Waals surface area contributed by atoms with E-state index in [-0.39, 0.29) is 18.8 Å². The van der Waals surface area contributed by atoms with E-state index >= 15 is 0 Å². The zero-order valence-electron chi connectivity index (χ0n) is 19.8. The summed E-state index contributed by atoms with van der Waals surface area (Å²) in [5.41, 5.74) is 2.05. The minimum absolute atomic E-state index is 0.0354. The fourth-order valence-corrected chi connectivity index (χ4v) is 3.63. The average molecular weight is 504 g/mol. The van der Waals surface area contributed by atoms with Crippen molar-refractivity contribution >= 4 is 29.7 Å². The minimum atomic E-state index is -1.25. The largest absolute Gasteiger partial charge is 0.489 e. The van der Waals surface area contributed by atoms with E-state index in [0.717, 1.165) is 20.9 Å². The number of carboxylic acids is 1. The minimum Gasteiger partial charge on any atom is -0.489 e. The molecule has 0 spiro atoms. The van der Waals surface area contributed by atoms with Gasteiger partial charge in [0, 0.05) is 5.69 Å². The van der Waals surface area contributed by atoms with Crippen LogP contribution in [0, 0.1) is 0 Å². The number of hydrogen-bond donors (Lipinski definition) is 2. The van der Waals surface area contributed by atoms with Crippen LogP contribution in [0.25, 0.3) is 0 Å². The molecule has 1 fully saturated rings. The van der Waals surface area contributed by atoms with Crippen LogP contribution in [0.1, 0.15) is 11.1 Å². The number of amides is 4. The Morgan fingerprint density at radius 3 is 2.05 bits per heavy atom. The Morgan fingerprint density at radius 1 is 0.892 bits per heavy atom. The molecule has 1 saturated heterocycles. The van der Waals surface area contributed by atoms with Crippen LogP contribution in [0.15, 0.2) is 84.9 Å². The molecule has 4 amide bonds. The summed E-state index contributed by atoms with van der Waals surface area (Å²) in [7, 11) is 0. The van der Waals surface area contributed by atoms with E-state index < -0.39 is 36.6 Å². The van der Waals surface area contributed by atoms with Crippen molar-refractivity contribution in [2.75, 3.05) is 18.0 Å². The van der Waals surface area contributed by atoms with Crippen molar-refractivity contribution in [3.05, 3.63) is 96.1 Å².